The summed E-state index contributed by atoms with van der Waals surface area (Å²) in [5.74, 6) is 0. The Kier molecular flexibility index (Phi) is 2.26. The van der Waals surface area contributed by atoms with Crippen LogP contribution >= 0.6 is 15.9 Å². The maximum atomic E-state index is 8.69. The van der Waals surface area contributed by atoms with Gasteiger partial charge in [0.2, 0.25) is 0 Å². The van der Waals surface area contributed by atoms with Gasteiger partial charge in [-0.15, -0.1) is 0 Å². The number of halogens is 1. The van der Waals surface area contributed by atoms with Crippen LogP contribution in [0.4, 0.5) is 0 Å². The fourth-order valence-electron chi connectivity index (χ4n) is 1.48. The summed E-state index contributed by atoms with van der Waals surface area (Å²) in [6, 6.07) is 6.02. The van der Waals surface area contributed by atoms with Crippen molar-refractivity contribution in [2.24, 2.45) is 0 Å². The Morgan fingerprint density at radius 3 is 3.14 bits per heavy atom. The molecule has 14 heavy (non-hydrogen) atoms. The first-order valence-electron chi connectivity index (χ1n) is 4.23. The van der Waals surface area contributed by atoms with Crippen LogP contribution in [0.5, 0.6) is 0 Å². The van der Waals surface area contributed by atoms with E-state index in [2.05, 4.69) is 27.0 Å². The van der Waals surface area contributed by atoms with Gasteiger partial charge in [-0.3, -0.25) is 0 Å². The summed E-state index contributed by atoms with van der Waals surface area (Å²) in [6.07, 6.45) is 2.32. The third-order valence-corrected chi connectivity index (χ3v) is 2.77. The molecule has 0 aliphatic heterocycles. The van der Waals surface area contributed by atoms with Crippen molar-refractivity contribution in [3.05, 3.63) is 34.2 Å². The van der Waals surface area contributed by atoms with Crippen LogP contribution in [-0.2, 0) is 6.42 Å². The fourth-order valence-corrected chi connectivity index (χ4v) is 1.92. The molecule has 70 valence electrons. The van der Waals surface area contributed by atoms with Gasteiger partial charge < -0.3 is 4.40 Å². The minimum atomic E-state index is 0.392. The summed E-state index contributed by atoms with van der Waals surface area (Å²) in [4.78, 5) is 4.40. The van der Waals surface area contributed by atoms with E-state index in [0.717, 1.165) is 21.5 Å². The Balaban J connectivity index is 2.78. The molecule has 0 aromatic carbocycles. The van der Waals surface area contributed by atoms with Gasteiger partial charge in [0.15, 0.2) is 5.65 Å². The van der Waals surface area contributed by atoms with E-state index >= 15 is 0 Å². The van der Waals surface area contributed by atoms with Crippen LogP contribution in [0.3, 0.4) is 0 Å². The smallest absolute Gasteiger partial charge is 0.151 e. The molecule has 0 aliphatic carbocycles. The second kappa shape index (κ2) is 3.43. The van der Waals surface area contributed by atoms with Crippen molar-refractivity contribution in [1.82, 2.24) is 9.38 Å². The second-order valence-corrected chi connectivity index (χ2v) is 3.88. The molecule has 0 unspecified atom stereocenters. The van der Waals surface area contributed by atoms with Gasteiger partial charge >= 0.3 is 0 Å². The average molecular weight is 250 g/mol. The average Bonchev–Trinajstić information content (AvgIpc) is 2.47. The molecule has 0 radical (unpaired) electrons. The van der Waals surface area contributed by atoms with Crippen molar-refractivity contribution in [3.8, 4) is 6.07 Å². The molecule has 0 bridgehead atoms. The first-order chi connectivity index (χ1) is 6.74. The monoisotopic (exact) mass is 249 g/mol. The van der Waals surface area contributed by atoms with Gasteiger partial charge in [0.1, 0.15) is 0 Å². The molecular weight excluding hydrogens is 242 g/mol. The van der Waals surface area contributed by atoms with E-state index in [9.17, 15) is 0 Å². The van der Waals surface area contributed by atoms with E-state index in [-0.39, 0.29) is 0 Å². The quantitative estimate of drug-likeness (QED) is 0.780. The van der Waals surface area contributed by atoms with Gasteiger partial charge in [-0.2, -0.15) is 5.26 Å². The number of aromatic nitrogens is 2. The van der Waals surface area contributed by atoms with Crippen molar-refractivity contribution in [2.75, 3.05) is 0 Å². The van der Waals surface area contributed by atoms with E-state index in [1.54, 1.807) is 0 Å². The lowest BCUT2D eigenvalue weighted by molar-refractivity contribution is 1.03. The SMILES string of the molecule is Cc1nc2c(Br)cccn2c1CC#N. The van der Waals surface area contributed by atoms with Gasteiger partial charge in [-0.1, -0.05) is 0 Å². The molecule has 0 atom stereocenters. The third kappa shape index (κ3) is 1.30. The molecule has 0 saturated carbocycles. The normalized spacial score (nSPS) is 10.4. The fraction of sp³-hybridized carbons (Fsp3) is 0.200. The molecule has 3 nitrogen and oxygen atoms in total. The van der Waals surface area contributed by atoms with Crippen molar-refractivity contribution in [1.29, 1.82) is 5.26 Å². The first-order valence-corrected chi connectivity index (χ1v) is 5.02. The summed E-state index contributed by atoms with van der Waals surface area (Å²) >= 11 is 3.43. The topological polar surface area (TPSA) is 41.1 Å². The second-order valence-electron chi connectivity index (χ2n) is 3.03. The number of rotatable bonds is 1. The van der Waals surface area contributed by atoms with Crippen LogP contribution in [0.1, 0.15) is 11.4 Å². The minimum absolute atomic E-state index is 0.392. The van der Waals surface area contributed by atoms with Crippen LogP contribution in [0.15, 0.2) is 22.8 Å². The molecular formula is C10H8BrN3. The predicted molar refractivity (Wildman–Crippen MR) is 56.9 cm³/mol. The molecule has 0 amide bonds. The van der Waals surface area contributed by atoms with Gasteiger partial charge in [-0.25, -0.2) is 4.98 Å². The number of hydrogen-bond donors (Lipinski definition) is 0. The van der Waals surface area contributed by atoms with Gasteiger partial charge in [0, 0.05) is 6.20 Å². The number of imidazole rings is 1. The number of fused-ring (bicyclic) bond motifs is 1. The Labute approximate surface area is 90.1 Å². The highest BCUT2D eigenvalue weighted by atomic mass is 79.9. The lowest BCUT2D eigenvalue weighted by atomic mass is 10.3. The van der Waals surface area contributed by atoms with Crippen molar-refractivity contribution < 1.29 is 0 Å². The molecule has 4 heteroatoms. The molecule has 0 fully saturated rings. The Hall–Kier alpha value is -1.34. The summed E-state index contributed by atoms with van der Waals surface area (Å²) in [7, 11) is 0. The Bertz CT molecular complexity index is 522. The number of nitriles is 1. The third-order valence-electron chi connectivity index (χ3n) is 2.15. The lowest BCUT2D eigenvalue weighted by Crippen LogP contribution is -1.92. The molecule has 0 aliphatic rings. The molecule has 0 saturated heterocycles. The zero-order valence-corrected chi connectivity index (χ0v) is 9.24. The van der Waals surface area contributed by atoms with Crippen LogP contribution < -0.4 is 0 Å². The maximum absolute atomic E-state index is 8.69. The summed E-state index contributed by atoms with van der Waals surface area (Å²) in [6.45, 7) is 1.92. The largest absolute Gasteiger partial charge is 0.302 e. The molecule has 2 rings (SSSR count). The number of aryl methyl sites for hydroxylation is 1. The predicted octanol–water partition coefficient (Wildman–Crippen LogP) is 2.47. The van der Waals surface area contributed by atoms with Crippen LogP contribution in [0, 0.1) is 18.3 Å². The zero-order valence-electron chi connectivity index (χ0n) is 7.66. The molecule has 2 aromatic heterocycles. The number of hydrogen-bond acceptors (Lipinski definition) is 2. The van der Waals surface area contributed by atoms with Gasteiger partial charge in [-0.05, 0) is 35.0 Å². The standard InChI is InChI=1S/C10H8BrN3/c1-7-9(4-5-12)14-6-2-3-8(11)10(14)13-7/h2-3,6H,4H2,1H3. The Morgan fingerprint density at radius 2 is 2.43 bits per heavy atom. The summed E-state index contributed by atoms with van der Waals surface area (Å²) in [5.41, 5.74) is 2.75. The molecule has 0 spiro atoms. The van der Waals surface area contributed by atoms with E-state index in [4.69, 9.17) is 5.26 Å². The first kappa shape index (κ1) is 9.22. The zero-order chi connectivity index (χ0) is 10.1. The summed E-state index contributed by atoms with van der Waals surface area (Å²) in [5, 5.41) is 8.69. The molecule has 2 heterocycles. The van der Waals surface area contributed by atoms with Crippen molar-refractivity contribution in [2.45, 2.75) is 13.3 Å². The highest BCUT2D eigenvalue weighted by Crippen LogP contribution is 2.20. The maximum Gasteiger partial charge on any atom is 0.151 e. The van der Waals surface area contributed by atoms with Gasteiger partial charge in [0.25, 0.3) is 0 Å². The highest BCUT2D eigenvalue weighted by Gasteiger charge is 2.09. The van der Waals surface area contributed by atoms with Crippen LogP contribution in [0.2, 0.25) is 0 Å². The van der Waals surface area contributed by atoms with E-state index in [1.807, 2.05) is 29.7 Å². The lowest BCUT2D eigenvalue weighted by Gasteiger charge is -1.98. The Morgan fingerprint density at radius 1 is 1.64 bits per heavy atom. The van der Waals surface area contributed by atoms with Crippen molar-refractivity contribution in [3.63, 3.8) is 0 Å². The molecule has 0 N–H and O–H groups in total. The minimum Gasteiger partial charge on any atom is -0.302 e. The van der Waals surface area contributed by atoms with Gasteiger partial charge in [0.05, 0.1) is 28.4 Å². The van der Waals surface area contributed by atoms with E-state index in [1.165, 1.54) is 0 Å². The van der Waals surface area contributed by atoms with E-state index < -0.39 is 0 Å². The van der Waals surface area contributed by atoms with Crippen LogP contribution in [-0.4, -0.2) is 9.38 Å². The highest BCUT2D eigenvalue weighted by molar-refractivity contribution is 9.10. The number of pyridine rings is 1. The van der Waals surface area contributed by atoms with Crippen LogP contribution in [0.25, 0.3) is 5.65 Å². The van der Waals surface area contributed by atoms with E-state index in [0.29, 0.717) is 6.42 Å². The summed E-state index contributed by atoms with van der Waals surface area (Å²) < 4.78 is 2.90. The molecule has 2 aromatic rings. The van der Waals surface area contributed by atoms with Crippen molar-refractivity contribution >= 4 is 21.6 Å². The number of nitrogens with zero attached hydrogens (tertiary/aromatic N) is 3.